The van der Waals surface area contributed by atoms with Crippen molar-refractivity contribution in [2.24, 2.45) is 5.73 Å². The Morgan fingerprint density at radius 3 is 2.31 bits per heavy atom. The zero-order chi connectivity index (χ0) is 27.4. The van der Waals surface area contributed by atoms with Gasteiger partial charge < -0.3 is 11.1 Å². The lowest BCUT2D eigenvalue weighted by Gasteiger charge is -2.16. The van der Waals surface area contributed by atoms with Crippen molar-refractivity contribution in [3.8, 4) is 28.2 Å². The normalized spacial score (nSPS) is 11.6. The maximum absolute atomic E-state index is 13.0. The number of halogens is 2. The van der Waals surface area contributed by atoms with Gasteiger partial charge >= 0.3 is 0 Å². The topological polar surface area (TPSA) is 103 Å². The highest BCUT2D eigenvalue weighted by Crippen LogP contribution is 2.31. The predicted octanol–water partition coefficient (Wildman–Crippen LogP) is 5.73. The van der Waals surface area contributed by atoms with Crippen LogP contribution in [0, 0.1) is 0 Å². The second-order valence-corrected chi connectivity index (χ2v) is 9.68. The molecule has 0 aliphatic carbocycles. The number of rotatable bonds is 8. The van der Waals surface area contributed by atoms with Crippen LogP contribution >= 0.6 is 23.2 Å². The van der Waals surface area contributed by atoms with Crippen molar-refractivity contribution < 1.29 is 9.59 Å². The van der Waals surface area contributed by atoms with Crippen LogP contribution in [-0.4, -0.2) is 32.6 Å². The van der Waals surface area contributed by atoms with E-state index < -0.39 is 17.9 Å². The summed E-state index contributed by atoms with van der Waals surface area (Å²) < 4.78 is 1.77. The third kappa shape index (κ3) is 6.00. The monoisotopic (exact) mass is 555 g/mol. The van der Waals surface area contributed by atoms with Crippen LogP contribution < -0.4 is 11.1 Å². The Morgan fingerprint density at radius 1 is 0.872 bits per heavy atom. The first-order valence-corrected chi connectivity index (χ1v) is 12.8. The van der Waals surface area contributed by atoms with Crippen LogP contribution in [0.3, 0.4) is 0 Å². The van der Waals surface area contributed by atoms with Gasteiger partial charge in [-0.2, -0.15) is 5.10 Å². The van der Waals surface area contributed by atoms with Gasteiger partial charge in [-0.3, -0.25) is 14.6 Å². The van der Waals surface area contributed by atoms with Gasteiger partial charge in [-0.25, -0.2) is 4.68 Å². The quantitative estimate of drug-likeness (QED) is 0.255. The van der Waals surface area contributed by atoms with E-state index in [1.807, 2.05) is 66.7 Å². The van der Waals surface area contributed by atoms with Crippen LogP contribution in [0.4, 0.5) is 0 Å². The number of aromatic nitrogens is 3. The fourth-order valence-electron chi connectivity index (χ4n) is 4.16. The molecule has 0 saturated heterocycles. The van der Waals surface area contributed by atoms with Crippen molar-refractivity contribution in [3.05, 3.63) is 125 Å². The third-order valence-electron chi connectivity index (χ3n) is 6.19. The smallest absolute Gasteiger partial charge is 0.251 e. The first-order valence-electron chi connectivity index (χ1n) is 12.1. The lowest BCUT2D eigenvalue weighted by molar-refractivity contribution is -0.119. The maximum Gasteiger partial charge on any atom is 0.251 e. The molecule has 7 nitrogen and oxygen atoms in total. The zero-order valence-corrected chi connectivity index (χ0v) is 22.1. The average molecular weight is 556 g/mol. The summed E-state index contributed by atoms with van der Waals surface area (Å²) in [7, 11) is 0. The molecule has 9 heteroatoms. The predicted molar refractivity (Wildman–Crippen MR) is 153 cm³/mol. The number of nitrogens with one attached hydrogen (secondary N) is 1. The van der Waals surface area contributed by atoms with Gasteiger partial charge in [0, 0.05) is 35.5 Å². The number of nitrogens with zero attached hydrogens (tertiary/aromatic N) is 3. The Hall–Kier alpha value is -4.46. The van der Waals surface area contributed by atoms with Crippen molar-refractivity contribution in [2.45, 2.75) is 12.5 Å². The highest BCUT2D eigenvalue weighted by Gasteiger charge is 2.20. The summed E-state index contributed by atoms with van der Waals surface area (Å²) in [6, 6.07) is 26.6. The van der Waals surface area contributed by atoms with Crippen LogP contribution in [0.2, 0.25) is 10.0 Å². The molecule has 5 aromatic rings. The summed E-state index contributed by atoms with van der Waals surface area (Å²) in [4.78, 5) is 29.2. The number of primary amides is 1. The molecule has 3 aromatic carbocycles. The molecule has 39 heavy (non-hydrogen) atoms. The third-order valence-corrected chi connectivity index (χ3v) is 6.93. The number of hydrogen-bond donors (Lipinski definition) is 2. The molecule has 0 aliphatic heterocycles. The molecule has 0 radical (unpaired) electrons. The average Bonchev–Trinajstić information content (AvgIpc) is 3.41. The second kappa shape index (κ2) is 11.5. The van der Waals surface area contributed by atoms with Crippen molar-refractivity contribution in [1.82, 2.24) is 20.1 Å². The first kappa shape index (κ1) is 26.2. The van der Waals surface area contributed by atoms with Crippen molar-refractivity contribution in [2.75, 3.05) is 0 Å². The van der Waals surface area contributed by atoms with E-state index in [0.717, 1.165) is 33.8 Å². The number of carbonyl (C=O) groups excluding carboxylic acids is 2. The lowest BCUT2D eigenvalue weighted by Crippen LogP contribution is -2.45. The summed E-state index contributed by atoms with van der Waals surface area (Å²) in [5.74, 6) is -0.993. The summed E-state index contributed by atoms with van der Waals surface area (Å²) in [5, 5.41) is 8.40. The summed E-state index contributed by atoms with van der Waals surface area (Å²) in [5.41, 5.74) is 10.7. The van der Waals surface area contributed by atoms with Gasteiger partial charge in [0.1, 0.15) is 6.04 Å². The largest absolute Gasteiger partial charge is 0.368 e. The number of pyridine rings is 1. The standard InChI is InChI=1S/C30H23Cl2N5O2/c31-24-13-12-23(16-25(24)32)37-28(17-26(36-37)22-7-4-14-34-18-22)20-8-10-21(11-9-20)30(39)35-27(29(33)38)15-19-5-2-1-3-6-19/h1-14,16-18,27H,15H2,(H2,33,38)(H,35,39)/t27-/m0/s1. The molecule has 1 atom stereocenters. The Kier molecular flexibility index (Phi) is 7.72. The van der Waals surface area contributed by atoms with Crippen molar-refractivity contribution in [1.29, 1.82) is 0 Å². The molecule has 0 bridgehead atoms. The van der Waals surface area contributed by atoms with Gasteiger partial charge in [0.2, 0.25) is 5.91 Å². The first-order chi connectivity index (χ1) is 18.9. The Balaban J connectivity index is 1.44. The second-order valence-electron chi connectivity index (χ2n) is 8.86. The molecule has 0 aliphatic rings. The molecule has 2 aromatic heterocycles. The minimum absolute atomic E-state index is 0.306. The minimum Gasteiger partial charge on any atom is -0.368 e. The Bertz CT molecular complexity index is 1620. The summed E-state index contributed by atoms with van der Waals surface area (Å²) in [6.07, 6.45) is 3.75. The van der Waals surface area contributed by atoms with E-state index >= 15 is 0 Å². The lowest BCUT2D eigenvalue weighted by atomic mass is 10.0. The van der Waals surface area contributed by atoms with Gasteiger partial charge in [-0.05, 0) is 54.1 Å². The van der Waals surface area contributed by atoms with E-state index in [2.05, 4.69) is 10.3 Å². The Labute approximate surface area is 235 Å². The number of hydrogen-bond acceptors (Lipinski definition) is 4. The highest BCUT2D eigenvalue weighted by molar-refractivity contribution is 6.42. The summed E-state index contributed by atoms with van der Waals surface area (Å²) >= 11 is 12.4. The molecule has 194 valence electrons. The SMILES string of the molecule is NC(=O)[C@H](Cc1ccccc1)NC(=O)c1ccc(-c2cc(-c3cccnc3)nn2-c2ccc(Cl)c(Cl)c2)cc1. The van der Waals surface area contributed by atoms with E-state index in [-0.39, 0.29) is 0 Å². The molecule has 0 spiro atoms. The molecule has 0 saturated carbocycles. The van der Waals surface area contributed by atoms with Gasteiger partial charge in [-0.1, -0.05) is 65.7 Å². The van der Waals surface area contributed by atoms with Crippen LogP contribution in [0.1, 0.15) is 15.9 Å². The van der Waals surface area contributed by atoms with Crippen LogP contribution in [-0.2, 0) is 11.2 Å². The van der Waals surface area contributed by atoms with Crippen LogP contribution in [0.25, 0.3) is 28.2 Å². The van der Waals surface area contributed by atoms with E-state index in [4.69, 9.17) is 34.0 Å². The number of carbonyl (C=O) groups is 2. The zero-order valence-electron chi connectivity index (χ0n) is 20.6. The van der Waals surface area contributed by atoms with Gasteiger partial charge in [-0.15, -0.1) is 0 Å². The van der Waals surface area contributed by atoms with E-state index in [0.29, 0.717) is 22.0 Å². The number of nitrogens with two attached hydrogens (primary N) is 1. The number of benzene rings is 3. The van der Waals surface area contributed by atoms with Gasteiger partial charge in [0.15, 0.2) is 0 Å². The van der Waals surface area contributed by atoms with E-state index in [9.17, 15) is 9.59 Å². The molecule has 0 unspecified atom stereocenters. The van der Waals surface area contributed by atoms with Gasteiger partial charge in [0.05, 0.1) is 27.1 Å². The minimum atomic E-state index is -0.835. The Morgan fingerprint density at radius 2 is 1.64 bits per heavy atom. The molecule has 5 rings (SSSR count). The van der Waals surface area contributed by atoms with Crippen LogP contribution in [0.5, 0.6) is 0 Å². The van der Waals surface area contributed by atoms with E-state index in [1.165, 1.54) is 0 Å². The highest BCUT2D eigenvalue weighted by atomic mass is 35.5. The van der Waals surface area contributed by atoms with Gasteiger partial charge in [0.25, 0.3) is 5.91 Å². The summed E-state index contributed by atoms with van der Waals surface area (Å²) in [6.45, 7) is 0. The number of amides is 2. The fraction of sp³-hybridized carbons (Fsp3) is 0.0667. The van der Waals surface area contributed by atoms with Crippen molar-refractivity contribution in [3.63, 3.8) is 0 Å². The van der Waals surface area contributed by atoms with Crippen LogP contribution in [0.15, 0.2) is 103 Å². The molecule has 3 N–H and O–H groups in total. The fourth-order valence-corrected chi connectivity index (χ4v) is 4.45. The molecule has 2 amide bonds. The molecule has 2 heterocycles. The van der Waals surface area contributed by atoms with Crippen molar-refractivity contribution >= 4 is 35.0 Å². The molecular weight excluding hydrogens is 533 g/mol. The maximum atomic E-state index is 13.0. The molecular formula is C30H23Cl2N5O2. The van der Waals surface area contributed by atoms with E-state index in [1.54, 1.807) is 41.3 Å². The molecule has 0 fully saturated rings.